The first kappa shape index (κ1) is 18.6. The minimum absolute atomic E-state index is 0.210. The molecule has 2 nitrogen and oxygen atoms in total. The van der Waals surface area contributed by atoms with Gasteiger partial charge in [0.05, 0.1) is 11.1 Å². The van der Waals surface area contributed by atoms with Gasteiger partial charge in [0.2, 0.25) is 0 Å². The molecule has 1 aliphatic carbocycles. The van der Waals surface area contributed by atoms with E-state index in [9.17, 15) is 0 Å². The van der Waals surface area contributed by atoms with Gasteiger partial charge in [-0.1, -0.05) is 80.1 Å². The fraction of sp³-hybridized carbons (Fsp3) is 0.129. The molecular weight excluding hydrogens is 402 g/mol. The Balaban J connectivity index is 1.68. The lowest BCUT2D eigenvalue weighted by molar-refractivity contribution is 0.644. The van der Waals surface area contributed by atoms with Gasteiger partial charge in [-0.25, -0.2) is 0 Å². The van der Waals surface area contributed by atoms with Crippen LogP contribution < -0.4 is 0 Å². The number of aromatic nitrogens is 1. The Morgan fingerprint density at radius 2 is 1.58 bits per heavy atom. The second-order valence-electron chi connectivity index (χ2n) is 9.74. The number of aryl methyl sites for hydroxylation is 1. The van der Waals surface area contributed by atoms with Crippen molar-refractivity contribution in [1.82, 2.24) is 4.98 Å². The van der Waals surface area contributed by atoms with Crippen LogP contribution >= 0.6 is 0 Å². The molecule has 0 radical (unpaired) electrons. The highest BCUT2D eigenvalue weighted by atomic mass is 16.3. The number of rotatable bonds is 1. The molecule has 2 heteroatoms. The van der Waals surface area contributed by atoms with Gasteiger partial charge in [0.25, 0.3) is 0 Å². The Labute approximate surface area is 192 Å². The van der Waals surface area contributed by atoms with Crippen molar-refractivity contribution in [2.75, 3.05) is 0 Å². The van der Waals surface area contributed by atoms with Crippen molar-refractivity contribution in [3.8, 4) is 22.4 Å². The van der Waals surface area contributed by atoms with Gasteiger partial charge in [-0.05, 0) is 52.6 Å². The van der Waals surface area contributed by atoms with Crippen LogP contribution in [0.4, 0.5) is 0 Å². The summed E-state index contributed by atoms with van der Waals surface area (Å²) in [6, 6.07) is 28.4. The molecule has 2 aromatic heterocycles. The minimum Gasteiger partial charge on any atom is -0.455 e. The second-order valence-corrected chi connectivity index (χ2v) is 9.74. The van der Waals surface area contributed by atoms with Crippen molar-refractivity contribution in [3.63, 3.8) is 0 Å². The number of nitrogens with zero attached hydrogens (tertiary/aromatic N) is 1. The van der Waals surface area contributed by atoms with Gasteiger partial charge in [-0.3, -0.25) is 4.98 Å². The predicted octanol–water partition coefficient (Wildman–Crippen LogP) is 8.42. The first-order chi connectivity index (χ1) is 16.0. The first-order valence-electron chi connectivity index (χ1n) is 11.5. The van der Waals surface area contributed by atoms with E-state index in [0.29, 0.717) is 0 Å². The van der Waals surface area contributed by atoms with Crippen molar-refractivity contribution in [1.29, 1.82) is 0 Å². The van der Waals surface area contributed by atoms with Gasteiger partial charge < -0.3 is 4.42 Å². The average Bonchev–Trinajstić information content (AvgIpc) is 3.19. The summed E-state index contributed by atoms with van der Waals surface area (Å²) >= 11 is 0. The van der Waals surface area contributed by atoms with Crippen molar-refractivity contribution in [2.24, 2.45) is 0 Å². The second kappa shape index (κ2) is 6.32. The van der Waals surface area contributed by atoms with Gasteiger partial charge in [-0.2, -0.15) is 0 Å². The minimum atomic E-state index is -0.210. The van der Waals surface area contributed by atoms with Gasteiger partial charge in [0.15, 0.2) is 0 Å². The van der Waals surface area contributed by atoms with Crippen LogP contribution in [0.1, 0.15) is 30.5 Å². The monoisotopic (exact) mass is 425 g/mol. The smallest absolute Gasteiger partial charge is 0.143 e. The summed E-state index contributed by atoms with van der Waals surface area (Å²) in [6.45, 7) is 6.81. The average molecular weight is 426 g/mol. The molecule has 0 atom stereocenters. The maximum absolute atomic E-state index is 6.57. The molecule has 0 N–H and O–H groups in total. The van der Waals surface area contributed by atoms with Gasteiger partial charge in [0.1, 0.15) is 11.2 Å². The van der Waals surface area contributed by atoms with Gasteiger partial charge >= 0.3 is 0 Å². The number of fused-ring (bicyclic) bond motifs is 3. The highest BCUT2D eigenvalue weighted by Crippen LogP contribution is 2.51. The Kier molecular flexibility index (Phi) is 3.57. The number of furan rings is 1. The van der Waals surface area contributed by atoms with E-state index in [-0.39, 0.29) is 5.41 Å². The molecule has 0 saturated heterocycles. The number of hydrogen-bond donors (Lipinski definition) is 0. The van der Waals surface area contributed by atoms with E-state index < -0.39 is 0 Å². The number of benzene rings is 4. The van der Waals surface area contributed by atoms with E-state index in [0.717, 1.165) is 27.8 Å². The molecule has 4 aromatic carbocycles. The van der Waals surface area contributed by atoms with E-state index in [2.05, 4.69) is 93.6 Å². The normalized spacial score (nSPS) is 14.2. The molecule has 2 heterocycles. The quantitative estimate of drug-likeness (QED) is 0.264. The summed E-state index contributed by atoms with van der Waals surface area (Å²) in [7, 11) is 0. The van der Waals surface area contributed by atoms with Crippen LogP contribution in [-0.2, 0) is 5.41 Å². The van der Waals surface area contributed by atoms with Crippen molar-refractivity contribution in [3.05, 3.63) is 102 Å². The van der Waals surface area contributed by atoms with Crippen molar-refractivity contribution >= 4 is 32.7 Å². The number of pyridine rings is 1. The van der Waals surface area contributed by atoms with Crippen molar-refractivity contribution in [2.45, 2.75) is 26.2 Å². The van der Waals surface area contributed by atoms with Crippen molar-refractivity contribution < 1.29 is 4.42 Å². The lowest BCUT2D eigenvalue weighted by Crippen LogP contribution is -2.19. The zero-order valence-corrected chi connectivity index (χ0v) is 18.9. The van der Waals surface area contributed by atoms with Gasteiger partial charge in [-0.15, -0.1) is 0 Å². The number of hydrogen-bond acceptors (Lipinski definition) is 2. The van der Waals surface area contributed by atoms with E-state index in [1.54, 1.807) is 0 Å². The molecule has 0 amide bonds. The molecule has 0 saturated carbocycles. The molecular formula is C31H23NO. The Hall–Kier alpha value is -3.91. The SMILES string of the molecule is Cc1ccc2cc3c(cc2c1)C(C)(C)c1ccc(-c2ccccc2)c2oc4ccnc-3c4c12. The maximum Gasteiger partial charge on any atom is 0.143 e. The van der Waals surface area contributed by atoms with E-state index in [1.807, 2.05) is 12.3 Å². The molecule has 0 spiro atoms. The third kappa shape index (κ3) is 2.46. The molecule has 158 valence electrons. The Morgan fingerprint density at radius 1 is 0.727 bits per heavy atom. The van der Waals surface area contributed by atoms with Crippen LogP contribution in [0, 0.1) is 6.92 Å². The summed E-state index contributed by atoms with van der Waals surface area (Å²) in [6.07, 6.45) is 1.88. The summed E-state index contributed by atoms with van der Waals surface area (Å²) in [5, 5.41) is 4.83. The highest BCUT2D eigenvalue weighted by molar-refractivity contribution is 6.18. The lowest BCUT2D eigenvalue weighted by Gasteiger charge is -2.28. The van der Waals surface area contributed by atoms with Crippen LogP contribution in [0.2, 0.25) is 0 Å². The van der Waals surface area contributed by atoms with Crippen LogP contribution in [-0.4, -0.2) is 4.98 Å². The summed E-state index contributed by atoms with van der Waals surface area (Å²) < 4.78 is 6.57. The molecule has 7 rings (SSSR count). The van der Waals surface area contributed by atoms with Crippen LogP contribution in [0.3, 0.4) is 0 Å². The highest BCUT2D eigenvalue weighted by Gasteiger charge is 2.35. The molecule has 1 aliphatic rings. The largest absolute Gasteiger partial charge is 0.455 e. The van der Waals surface area contributed by atoms with Crippen LogP contribution in [0.15, 0.2) is 89.5 Å². The zero-order chi connectivity index (χ0) is 22.3. The van der Waals surface area contributed by atoms with Gasteiger partial charge in [0, 0.05) is 28.1 Å². The third-order valence-corrected chi connectivity index (χ3v) is 7.35. The topological polar surface area (TPSA) is 26.0 Å². The Bertz CT molecular complexity index is 1740. The Morgan fingerprint density at radius 3 is 2.42 bits per heavy atom. The van der Waals surface area contributed by atoms with E-state index in [4.69, 9.17) is 9.40 Å². The summed E-state index contributed by atoms with van der Waals surface area (Å²) in [5.74, 6) is 0. The molecule has 33 heavy (non-hydrogen) atoms. The fourth-order valence-electron chi connectivity index (χ4n) is 5.66. The van der Waals surface area contributed by atoms with Crippen LogP contribution in [0.5, 0.6) is 0 Å². The third-order valence-electron chi connectivity index (χ3n) is 7.35. The molecule has 0 bridgehead atoms. The molecule has 6 aromatic rings. The maximum atomic E-state index is 6.57. The van der Waals surface area contributed by atoms with E-state index >= 15 is 0 Å². The fourth-order valence-corrected chi connectivity index (χ4v) is 5.66. The summed E-state index contributed by atoms with van der Waals surface area (Å²) in [4.78, 5) is 4.93. The predicted molar refractivity (Wildman–Crippen MR) is 137 cm³/mol. The molecule has 0 fully saturated rings. The molecule has 0 unspecified atom stereocenters. The standard InChI is InChI=1S/C31H23NO/c1-18-9-10-20-16-23-25(17-21(20)15-18)31(2,3)24-12-11-22(19-7-5-4-6-8-19)30-27(24)28-26(33-30)13-14-32-29(23)28/h4-17H,1-3H3. The van der Waals surface area contributed by atoms with E-state index in [1.165, 1.54) is 44.0 Å². The first-order valence-corrected chi connectivity index (χ1v) is 11.5. The van der Waals surface area contributed by atoms with Crippen LogP contribution in [0.25, 0.3) is 55.1 Å². The zero-order valence-electron chi connectivity index (χ0n) is 18.9. The lowest BCUT2D eigenvalue weighted by atomic mass is 9.75. The molecule has 0 aliphatic heterocycles. The summed E-state index contributed by atoms with van der Waals surface area (Å²) in [5.41, 5.74) is 10.0.